The Morgan fingerprint density at radius 1 is 1.44 bits per heavy atom. The average Bonchev–Trinajstić information content (AvgIpc) is 2.33. The largest absolute Gasteiger partial charge is 0.308 e. The highest BCUT2D eigenvalue weighted by Crippen LogP contribution is 1.90. The number of hydrogen-bond acceptors (Lipinski definition) is 2. The van der Waals surface area contributed by atoms with Crippen LogP contribution in [0.25, 0.3) is 5.52 Å². The molecule has 0 unspecified atom stereocenters. The van der Waals surface area contributed by atoms with Crippen molar-refractivity contribution >= 4 is 5.52 Å². The van der Waals surface area contributed by atoms with E-state index in [0.717, 1.165) is 5.52 Å². The van der Waals surface area contributed by atoms with Crippen LogP contribution in [0.3, 0.4) is 0 Å². The summed E-state index contributed by atoms with van der Waals surface area (Å²) in [6.07, 6.45) is 3.43. The van der Waals surface area contributed by atoms with Crippen molar-refractivity contribution in [2.45, 2.75) is 0 Å². The van der Waals surface area contributed by atoms with Crippen molar-refractivity contribution in [3.63, 3.8) is 0 Å². The van der Waals surface area contributed by atoms with Gasteiger partial charge >= 0.3 is 0 Å². The number of pyridine rings is 1. The van der Waals surface area contributed by atoms with Gasteiger partial charge in [0.05, 0.1) is 0 Å². The molecule has 2 aromatic rings. The van der Waals surface area contributed by atoms with Crippen molar-refractivity contribution in [1.29, 1.82) is 0 Å². The highest BCUT2D eigenvalue weighted by atomic mass is 16.5. The summed E-state index contributed by atoms with van der Waals surface area (Å²) in [5.74, 6) is 0. The van der Waals surface area contributed by atoms with E-state index in [1.165, 1.54) is 0 Å². The molecule has 3 nitrogen and oxygen atoms in total. The van der Waals surface area contributed by atoms with Crippen molar-refractivity contribution in [2.24, 2.45) is 0 Å². The minimum Gasteiger partial charge on any atom is -0.308 e. The topological polar surface area (TPSA) is 30.1 Å². The number of nitrogens with zero attached hydrogens (tertiary/aromatic N) is 2. The van der Waals surface area contributed by atoms with E-state index in [4.69, 9.17) is 0 Å². The van der Waals surface area contributed by atoms with Crippen LogP contribution in [-0.4, -0.2) is 5.27 Å². The molecule has 9 heavy (non-hydrogen) atoms. The van der Waals surface area contributed by atoms with Crippen LogP contribution in [-0.2, 0) is 0 Å². The maximum Gasteiger partial charge on any atom is 0.279 e. The summed E-state index contributed by atoms with van der Waals surface area (Å²) in [6.45, 7) is 0. The van der Waals surface area contributed by atoms with Crippen molar-refractivity contribution in [3.05, 3.63) is 30.7 Å². The molecule has 0 atom stereocenters. The lowest BCUT2D eigenvalue weighted by Gasteiger charge is -1.69. The first-order chi connectivity index (χ1) is 4.47. The van der Waals surface area contributed by atoms with Crippen LogP contribution in [0.1, 0.15) is 0 Å². The van der Waals surface area contributed by atoms with E-state index < -0.39 is 0 Å². The molecule has 0 N–H and O–H groups in total. The van der Waals surface area contributed by atoms with Gasteiger partial charge in [-0.15, -0.1) is 0 Å². The molecule has 0 spiro atoms. The number of aromatic nitrogens is 2. The smallest absolute Gasteiger partial charge is 0.279 e. The van der Waals surface area contributed by atoms with Crippen LogP contribution in [0.15, 0.2) is 35.2 Å². The standard InChI is InChI=1S/C6H5N2O/c1-2-4-8-6(3-1)5-9-7-8/h1-5H/q+1. The maximum absolute atomic E-state index is 4.68. The molecule has 0 radical (unpaired) electrons. The molecule has 0 aromatic carbocycles. The second kappa shape index (κ2) is 1.55. The van der Waals surface area contributed by atoms with Crippen LogP contribution < -0.4 is 4.52 Å². The molecular formula is C6H5N2O+. The predicted octanol–water partition coefficient (Wildman–Crippen LogP) is 0.413. The molecule has 0 aliphatic carbocycles. The lowest BCUT2D eigenvalue weighted by atomic mass is 10.4. The van der Waals surface area contributed by atoms with Gasteiger partial charge in [-0.3, -0.25) is 0 Å². The van der Waals surface area contributed by atoms with E-state index >= 15 is 0 Å². The molecular weight excluding hydrogens is 116 g/mol. The fraction of sp³-hybridized carbons (Fsp3) is 0. The van der Waals surface area contributed by atoms with E-state index in [0.29, 0.717) is 0 Å². The summed E-state index contributed by atoms with van der Waals surface area (Å²) >= 11 is 0. The zero-order valence-electron chi connectivity index (χ0n) is 4.69. The highest BCUT2D eigenvalue weighted by molar-refractivity contribution is 5.32. The van der Waals surface area contributed by atoms with Gasteiger partial charge in [0, 0.05) is 12.1 Å². The molecule has 0 saturated carbocycles. The van der Waals surface area contributed by atoms with Crippen molar-refractivity contribution in [2.75, 3.05) is 0 Å². The second-order valence-electron chi connectivity index (χ2n) is 1.77. The van der Waals surface area contributed by atoms with Crippen LogP contribution in [0.5, 0.6) is 0 Å². The third-order valence-electron chi connectivity index (χ3n) is 1.18. The summed E-state index contributed by atoms with van der Waals surface area (Å²) in [6, 6.07) is 5.76. The summed E-state index contributed by atoms with van der Waals surface area (Å²) in [5, 5.41) is 3.66. The molecule has 3 heteroatoms. The zero-order chi connectivity index (χ0) is 6.10. The van der Waals surface area contributed by atoms with Crippen LogP contribution in [0.4, 0.5) is 0 Å². The van der Waals surface area contributed by atoms with Crippen LogP contribution in [0.2, 0.25) is 0 Å². The summed E-state index contributed by atoms with van der Waals surface area (Å²) in [5.41, 5.74) is 0.970. The van der Waals surface area contributed by atoms with Gasteiger partial charge in [-0.05, 0) is 10.6 Å². The van der Waals surface area contributed by atoms with Crippen molar-refractivity contribution in [1.82, 2.24) is 5.27 Å². The Kier molecular flexibility index (Phi) is 0.773. The van der Waals surface area contributed by atoms with E-state index in [2.05, 4.69) is 9.79 Å². The second-order valence-corrected chi connectivity index (χ2v) is 1.77. The van der Waals surface area contributed by atoms with E-state index in [1.54, 1.807) is 10.8 Å². The molecule has 2 heterocycles. The SMILES string of the molecule is c1cc[n+]2nocc2c1. The van der Waals surface area contributed by atoms with E-state index in [-0.39, 0.29) is 0 Å². The fourth-order valence-corrected chi connectivity index (χ4v) is 0.744. The number of hydrogen-bond donors (Lipinski definition) is 0. The first kappa shape index (κ1) is 4.49. The molecule has 0 amide bonds. The average molecular weight is 121 g/mol. The molecule has 44 valence electrons. The normalized spacial score (nSPS) is 10.2. The van der Waals surface area contributed by atoms with Gasteiger partial charge in [0.15, 0.2) is 0 Å². The summed E-state index contributed by atoms with van der Waals surface area (Å²) in [7, 11) is 0. The Balaban J connectivity index is 2.95. The number of rotatable bonds is 0. The molecule has 0 saturated heterocycles. The van der Waals surface area contributed by atoms with Gasteiger partial charge in [-0.1, -0.05) is 0 Å². The highest BCUT2D eigenvalue weighted by Gasteiger charge is 2.01. The van der Waals surface area contributed by atoms with Gasteiger partial charge in [-0.25, -0.2) is 0 Å². The summed E-state index contributed by atoms with van der Waals surface area (Å²) < 4.78 is 6.34. The molecule has 0 aliphatic rings. The monoisotopic (exact) mass is 121 g/mol. The summed E-state index contributed by atoms with van der Waals surface area (Å²) in [4.78, 5) is 0. The fourth-order valence-electron chi connectivity index (χ4n) is 0.744. The van der Waals surface area contributed by atoms with Gasteiger partial charge in [0.2, 0.25) is 17.7 Å². The minimum atomic E-state index is 0.970. The van der Waals surface area contributed by atoms with Gasteiger partial charge in [0.25, 0.3) is 5.52 Å². The van der Waals surface area contributed by atoms with Crippen molar-refractivity contribution in [3.8, 4) is 0 Å². The Labute approximate surface area is 51.5 Å². The predicted molar refractivity (Wildman–Crippen MR) is 29.7 cm³/mol. The Bertz CT molecular complexity index is 285. The molecule has 0 bridgehead atoms. The van der Waals surface area contributed by atoms with Gasteiger partial charge in [-0.2, -0.15) is 0 Å². The molecule has 0 fully saturated rings. The quantitative estimate of drug-likeness (QED) is 0.472. The Hall–Kier alpha value is -1.38. The van der Waals surface area contributed by atoms with Crippen LogP contribution >= 0.6 is 0 Å². The Morgan fingerprint density at radius 3 is 3.33 bits per heavy atom. The first-order valence-corrected chi connectivity index (χ1v) is 2.68. The first-order valence-electron chi connectivity index (χ1n) is 2.68. The lowest BCUT2D eigenvalue weighted by Crippen LogP contribution is -2.20. The maximum atomic E-state index is 4.68. The van der Waals surface area contributed by atoms with Gasteiger partial charge in [0.1, 0.15) is 0 Å². The third-order valence-corrected chi connectivity index (χ3v) is 1.18. The van der Waals surface area contributed by atoms with E-state index in [1.807, 2.05) is 24.4 Å². The van der Waals surface area contributed by atoms with Gasteiger partial charge < -0.3 is 4.52 Å². The zero-order valence-corrected chi connectivity index (χ0v) is 4.69. The number of fused-ring (bicyclic) bond motifs is 1. The van der Waals surface area contributed by atoms with Crippen LogP contribution in [0, 0.1) is 0 Å². The minimum absolute atomic E-state index is 0.970. The van der Waals surface area contributed by atoms with Crippen molar-refractivity contribution < 1.29 is 9.04 Å². The molecule has 2 rings (SSSR count). The molecule has 0 aliphatic heterocycles. The Morgan fingerprint density at radius 2 is 2.44 bits per heavy atom. The van der Waals surface area contributed by atoms with E-state index in [9.17, 15) is 0 Å². The third kappa shape index (κ3) is 0.579. The lowest BCUT2D eigenvalue weighted by molar-refractivity contribution is -0.595. The molecule has 2 aromatic heterocycles.